The van der Waals surface area contributed by atoms with Crippen molar-refractivity contribution in [3.8, 4) is 0 Å². The maximum absolute atomic E-state index is 13.5. The number of pyridine rings is 1. The molecule has 1 atom stereocenters. The first-order valence-electron chi connectivity index (χ1n) is 4.87. The van der Waals surface area contributed by atoms with Gasteiger partial charge in [0.15, 0.2) is 5.82 Å². The van der Waals surface area contributed by atoms with Crippen molar-refractivity contribution in [1.29, 1.82) is 0 Å². The monoisotopic (exact) mass is 264 g/mol. The smallest absolute Gasteiger partial charge is 0.207 e. The highest BCUT2D eigenvalue weighted by atomic mass is 35.5. The van der Waals surface area contributed by atoms with Crippen LogP contribution in [0.3, 0.4) is 0 Å². The van der Waals surface area contributed by atoms with Gasteiger partial charge in [0.05, 0.1) is 16.4 Å². The van der Waals surface area contributed by atoms with Crippen LogP contribution < -0.4 is 4.72 Å². The van der Waals surface area contributed by atoms with Gasteiger partial charge < -0.3 is 4.55 Å². The van der Waals surface area contributed by atoms with Gasteiger partial charge in [-0.15, -0.1) is 0 Å². The fourth-order valence-corrected chi connectivity index (χ4v) is 1.85. The lowest BCUT2D eigenvalue weighted by Crippen LogP contribution is -2.36. The van der Waals surface area contributed by atoms with Crippen LogP contribution in [0, 0.1) is 5.82 Å². The van der Waals surface area contributed by atoms with Gasteiger partial charge in [0.2, 0.25) is 5.82 Å². The lowest BCUT2D eigenvalue weighted by molar-refractivity contribution is 0.542. The van der Waals surface area contributed by atoms with Crippen LogP contribution in [0.25, 0.3) is 0 Å². The second-order valence-electron chi connectivity index (χ2n) is 3.94. The van der Waals surface area contributed by atoms with Crippen LogP contribution >= 0.6 is 11.6 Å². The van der Waals surface area contributed by atoms with E-state index in [4.69, 9.17) is 11.6 Å². The van der Waals surface area contributed by atoms with Gasteiger partial charge in [0.1, 0.15) is 4.75 Å². The van der Waals surface area contributed by atoms with E-state index >= 15 is 0 Å². The molecule has 16 heavy (non-hydrogen) atoms. The number of halogens is 2. The first kappa shape index (κ1) is 13.5. The predicted octanol–water partition coefficient (Wildman–Crippen LogP) is 3.14. The third-order valence-corrected chi connectivity index (χ3v) is 4.35. The van der Waals surface area contributed by atoms with E-state index in [1.807, 2.05) is 20.8 Å². The van der Waals surface area contributed by atoms with Crippen LogP contribution in [0.5, 0.6) is 0 Å². The predicted molar refractivity (Wildman–Crippen MR) is 65.3 cm³/mol. The molecule has 0 aliphatic heterocycles. The maximum Gasteiger partial charge on any atom is 0.207 e. The number of anilines is 1. The van der Waals surface area contributed by atoms with Gasteiger partial charge in [-0.25, -0.2) is 9.37 Å². The molecule has 0 saturated heterocycles. The molecule has 0 aliphatic rings. The highest BCUT2D eigenvalue weighted by Gasteiger charge is 2.31. The molecular weight excluding hydrogens is 251 g/mol. The van der Waals surface area contributed by atoms with Crippen molar-refractivity contribution >= 4 is 28.8 Å². The van der Waals surface area contributed by atoms with Crippen molar-refractivity contribution in [3.63, 3.8) is 0 Å². The topological polar surface area (TPSA) is 48.0 Å². The van der Waals surface area contributed by atoms with Crippen LogP contribution in [0.2, 0.25) is 5.02 Å². The van der Waals surface area contributed by atoms with Gasteiger partial charge in [-0.05, 0) is 26.3 Å². The third kappa shape index (κ3) is 2.99. The van der Waals surface area contributed by atoms with Crippen LogP contribution in [-0.4, -0.2) is 14.3 Å². The molecule has 6 heteroatoms. The van der Waals surface area contributed by atoms with Crippen molar-refractivity contribution in [2.45, 2.75) is 31.9 Å². The number of hydrogen-bond acceptors (Lipinski definition) is 3. The SMILES string of the molecule is CCC(C)(C)[S+]([O-])Nc1nccc(Cl)c1F. The van der Waals surface area contributed by atoms with E-state index in [9.17, 15) is 8.94 Å². The molecular formula is C10H14ClFN2OS. The molecule has 1 heterocycles. The highest BCUT2D eigenvalue weighted by molar-refractivity contribution is 7.94. The summed E-state index contributed by atoms with van der Waals surface area (Å²) in [5.41, 5.74) is 0. The summed E-state index contributed by atoms with van der Waals surface area (Å²) in [6.45, 7) is 5.58. The maximum atomic E-state index is 13.5. The Morgan fingerprint density at radius 3 is 2.81 bits per heavy atom. The van der Waals surface area contributed by atoms with Crippen molar-refractivity contribution in [2.24, 2.45) is 0 Å². The Kier molecular flexibility index (Phi) is 4.41. The average molecular weight is 265 g/mol. The number of nitrogens with one attached hydrogen (secondary N) is 1. The number of aromatic nitrogens is 1. The average Bonchev–Trinajstić information content (AvgIpc) is 2.24. The summed E-state index contributed by atoms with van der Waals surface area (Å²) in [6.07, 6.45) is 2.07. The molecule has 0 saturated carbocycles. The second kappa shape index (κ2) is 5.21. The number of hydrogen-bond donors (Lipinski definition) is 1. The van der Waals surface area contributed by atoms with Crippen LogP contribution in [0.15, 0.2) is 12.3 Å². The normalized spacial score (nSPS) is 13.6. The Morgan fingerprint density at radius 2 is 2.25 bits per heavy atom. The zero-order valence-electron chi connectivity index (χ0n) is 9.38. The summed E-state index contributed by atoms with van der Waals surface area (Å²) < 4.78 is 27.4. The highest BCUT2D eigenvalue weighted by Crippen LogP contribution is 2.25. The molecule has 0 amide bonds. The fraction of sp³-hybridized carbons (Fsp3) is 0.500. The van der Waals surface area contributed by atoms with Crippen LogP contribution in [0.4, 0.5) is 10.2 Å². The molecule has 3 nitrogen and oxygen atoms in total. The molecule has 0 bridgehead atoms. The summed E-state index contributed by atoms with van der Waals surface area (Å²) in [7, 11) is 0. The Balaban J connectivity index is 2.85. The van der Waals surface area contributed by atoms with E-state index in [2.05, 4.69) is 9.71 Å². The standard InChI is InChI=1S/C10H14ClFN2OS/c1-4-10(2,3)16(15)14-9-8(12)7(11)5-6-13-9/h5-6H,4H2,1-3H3,(H,13,14). The lowest BCUT2D eigenvalue weighted by atomic mass is 10.1. The molecule has 1 rings (SSSR count). The van der Waals surface area contributed by atoms with Gasteiger partial charge >= 0.3 is 0 Å². The van der Waals surface area contributed by atoms with Crippen molar-refractivity contribution < 1.29 is 8.94 Å². The summed E-state index contributed by atoms with van der Waals surface area (Å²) >= 11 is 4.18. The Morgan fingerprint density at radius 1 is 1.62 bits per heavy atom. The second-order valence-corrected chi connectivity index (χ2v) is 6.19. The molecule has 0 radical (unpaired) electrons. The minimum absolute atomic E-state index is 0.0381. The van der Waals surface area contributed by atoms with E-state index in [0.717, 1.165) is 0 Å². The van der Waals surface area contributed by atoms with Crippen molar-refractivity contribution in [1.82, 2.24) is 4.98 Å². The summed E-state index contributed by atoms with van der Waals surface area (Å²) in [5, 5.41) is -0.0381. The van der Waals surface area contributed by atoms with Gasteiger partial charge in [-0.1, -0.05) is 18.5 Å². The van der Waals surface area contributed by atoms with Gasteiger partial charge in [-0.3, -0.25) is 0 Å². The van der Waals surface area contributed by atoms with E-state index in [1.165, 1.54) is 12.3 Å². The number of nitrogens with zero attached hydrogens (tertiary/aromatic N) is 1. The molecule has 90 valence electrons. The molecule has 1 aromatic rings. The van der Waals surface area contributed by atoms with Gasteiger partial charge in [-0.2, -0.15) is 4.72 Å². The molecule has 0 aromatic carbocycles. The fourth-order valence-electron chi connectivity index (χ4n) is 0.848. The first-order valence-corrected chi connectivity index (χ1v) is 6.40. The minimum atomic E-state index is -1.41. The van der Waals surface area contributed by atoms with Crippen LogP contribution in [0.1, 0.15) is 27.2 Å². The third-order valence-electron chi connectivity index (χ3n) is 2.38. The van der Waals surface area contributed by atoms with Crippen molar-refractivity contribution in [2.75, 3.05) is 4.72 Å². The lowest BCUT2D eigenvalue weighted by Gasteiger charge is -2.26. The minimum Gasteiger partial charge on any atom is -0.593 e. The molecule has 1 aromatic heterocycles. The van der Waals surface area contributed by atoms with Crippen LogP contribution in [-0.2, 0) is 11.4 Å². The summed E-state index contributed by atoms with van der Waals surface area (Å²) in [6, 6.07) is 1.34. The molecule has 1 N–H and O–H groups in total. The molecule has 0 spiro atoms. The molecule has 0 fully saturated rings. The summed E-state index contributed by atoms with van der Waals surface area (Å²) in [4.78, 5) is 3.76. The van der Waals surface area contributed by atoms with E-state index in [0.29, 0.717) is 6.42 Å². The summed E-state index contributed by atoms with van der Waals surface area (Å²) in [5.74, 6) is -0.753. The van der Waals surface area contributed by atoms with E-state index < -0.39 is 21.9 Å². The number of rotatable bonds is 4. The van der Waals surface area contributed by atoms with Gasteiger partial charge in [0.25, 0.3) is 0 Å². The zero-order valence-corrected chi connectivity index (χ0v) is 11.0. The van der Waals surface area contributed by atoms with E-state index in [1.54, 1.807) is 0 Å². The Bertz CT molecular complexity index is 376. The largest absolute Gasteiger partial charge is 0.593 e. The Labute approximate surface area is 103 Å². The van der Waals surface area contributed by atoms with E-state index in [-0.39, 0.29) is 10.8 Å². The van der Waals surface area contributed by atoms with Crippen molar-refractivity contribution in [3.05, 3.63) is 23.1 Å². The Hall–Kier alpha value is -0.520. The van der Waals surface area contributed by atoms with Gasteiger partial charge in [0, 0.05) is 6.20 Å². The first-order chi connectivity index (χ1) is 7.38. The zero-order chi connectivity index (χ0) is 12.3. The molecule has 0 aliphatic carbocycles. The molecule has 1 unspecified atom stereocenters. The quantitative estimate of drug-likeness (QED) is 0.850.